The topological polar surface area (TPSA) is 69.6 Å². The molecule has 3 rings (SSSR count). The molecule has 124 valence electrons. The summed E-state index contributed by atoms with van der Waals surface area (Å²) in [7, 11) is 0. The third-order valence-electron chi connectivity index (χ3n) is 4.23. The number of rotatable bonds is 4. The second-order valence-corrected chi connectivity index (χ2v) is 5.88. The lowest BCUT2D eigenvalue weighted by molar-refractivity contribution is -0.132. The SMILES string of the molecule is CC1(c2ccccc2F)NC(=O)N(CC(O)c2ccccc2)C1=O. The fourth-order valence-corrected chi connectivity index (χ4v) is 2.87. The van der Waals surface area contributed by atoms with Gasteiger partial charge in [0, 0.05) is 5.56 Å². The van der Waals surface area contributed by atoms with E-state index in [1.54, 1.807) is 36.4 Å². The van der Waals surface area contributed by atoms with Gasteiger partial charge in [-0.05, 0) is 18.6 Å². The van der Waals surface area contributed by atoms with Crippen molar-refractivity contribution in [2.75, 3.05) is 6.54 Å². The summed E-state index contributed by atoms with van der Waals surface area (Å²) in [6.07, 6.45) is -1.01. The highest BCUT2D eigenvalue weighted by atomic mass is 19.1. The summed E-state index contributed by atoms with van der Waals surface area (Å²) in [5.74, 6) is -1.16. The Kier molecular flexibility index (Phi) is 4.07. The van der Waals surface area contributed by atoms with Crippen LogP contribution in [0.4, 0.5) is 9.18 Å². The Morgan fingerprint density at radius 3 is 2.42 bits per heavy atom. The monoisotopic (exact) mass is 328 g/mol. The largest absolute Gasteiger partial charge is 0.387 e. The number of halogens is 1. The molecule has 1 heterocycles. The van der Waals surface area contributed by atoms with Crippen molar-refractivity contribution in [3.8, 4) is 0 Å². The number of urea groups is 1. The molecule has 2 N–H and O–H groups in total. The second-order valence-electron chi connectivity index (χ2n) is 5.88. The number of carbonyl (C=O) groups excluding carboxylic acids is 2. The molecule has 3 amide bonds. The standard InChI is InChI=1S/C18H17FN2O3/c1-18(13-9-5-6-10-14(13)19)16(23)21(17(24)20-18)11-15(22)12-7-3-2-4-8-12/h2-10,15,22H,11H2,1H3,(H,20,24). The molecule has 5 nitrogen and oxygen atoms in total. The summed E-state index contributed by atoms with van der Waals surface area (Å²) in [6, 6.07) is 13.9. The van der Waals surface area contributed by atoms with Crippen molar-refractivity contribution in [1.29, 1.82) is 0 Å². The Morgan fingerprint density at radius 1 is 1.12 bits per heavy atom. The Morgan fingerprint density at radius 2 is 1.75 bits per heavy atom. The summed E-state index contributed by atoms with van der Waals surface area (Å²) in [5.41, 5.74) is -0.795. The van der Waals surface area contributed by atoms with Gasteiger partial charge in [0.1, 0.15) is 11.4 Å². The average molecular weight is 328 g/mol. The molecule has 2 aromatic rings. The van der Waals surface area contributed by atoms with Crippen molar-refractivity contribution in [3.05, 3.63) is 71.5 Å². The quantitative estimate of drug-likeness (QED) is 0.846. The predicted octanol–water partition coefficient (Wildman–Crippen LogP) is 2.33. The van der Waals surface area contributed by atoms with Gasteiger partial charge in [-0.2, -0.15) is 0 Å². The fourth-order valence-electron chi connectivity index (χ4n) is 2.87. The lowest BCUT2D eigenvalue weighted by atomic mass is 9.91. The molecule has 6 heteroatoms. The number of nitrogens with one attached hydrogen (secondary N) is 1. The molecule has 0 radical (unpaired) electrons. The Bertz CT molecular complexity index is 781. The molecule has 2 unspecified atom stereocenters. The van der Waals surface area contributed by atoms with E-state index in [2.05, 4.69) is 5.32 Å². The van der Waals surface area contributed by atoms with Gasteiger partial charge in [-0.15, -0.1) is 0 Å². The number of aliphatic hydroxyl groups is 1. The Balaban J connectivity index is 1.86. The molecule has 24 heavy (non-hydrogen) atoms. The van der Waals surface area contributed by atoms with Crippen LogP contribution in [0.15, 0.2) is 54.6 Å². The summed E-state index contributed by atoms with van der Waals surface area (Å²) < 4.78 is 14.1. The van der Waals surface area contributed by atoms with Gasteiger partial charge in [-0.25, -0.2) is 9.18 Å². The van der Waals surface area contributed by atoms with E-state index in [4.69, 9.17) is 0 Å². The maximum Gasteiger partial charge on any atom is 0.325 e. The number of imide groups is 1. The first-order valence-corrected chi connectivity index (χ1v) is 7.55. The van der Waals surface area contributed by atoms with E-state index in [1.807, 2.05) is 0 Å². The van der Waals surface area contributed by atoms with Gasteiger partial charge in [-0.3, -0.25) is 9.69 Å². The van der Waals surface area contributed by atoms with Gasteiger partial charge >= 0.3 is 6.03 Å². The number of carbonyl (C=O) groups is 2. The number of β-amino-alcohol motifs (C(OH)–C–C–N with tert-alkyl or cyclic N) is 1. The number of hydrogen-bond donors (Lipinski definition) is 2. The van der Waals surface area contributed by atoms with E-state index in [0.29, 0.717) is 5.56 Å². The van der Waals surface area contributed by atoms with Gasteiger partial charge < -0.3 is 10.4 Å². The highest BCUT2D eigenvalue weighted by Gasteiger charge is 2.50. The molecule has 0 bridgehead atoms. The molecule has 0 saturated carbocycles. The molecule has 0 spiro atoms. The van der Waals surface area contributed by atoms with Gasteiger partial charge in [0.05, 0.1) is 12.6 Å². The third-order valence-corrected chi connectivity index (χ3v) is 4.23. The van der Waals surface area contributed by atoms with Crippen molar-refractivity contribution in [2.24, 2.45) is 0 Å². The first-order valence-electron chi connectivity index (χ1n) is 7.55. The molecule has 2 atom stereocenters. The molecular weight excluding hydrogens is 311 g/mol. The zero-order valence-corrected chi connectivity index (χ0v) is 13.1. The number of nitrogens with zero attached hydrogens (tertiary/aromatic N) is 1. The fraction of sp³-hybridized carbons (Fsp3) is 0.222. The average Bonchev–Trinajstić information content (AvgIpc) is 2.80. The number of hydrogen-bond acceptors (Lipinski definition) is 3. The maximum atomic E-state index is 14.1. The van der Waals surface area contributed by atoms with E-state index in [9.17, 15) is 19.1 Å². The van der Waals surface area contributed by atoms with Crippen LogP contribution in [0.1, 0.15) is 24.2 Å². The van der Waals surface area contributed by atoms with Crippen LogP contribution in [-0.4, -0.2) is 28.5 Å². The maximum absolute atomic E-state index is 14.1. The van der Waals surface area contributed by atoms with Crippen LogP contribution in [0.25, 0.3) is 0 Å². The van der Waals surface area contributed by atoms with Crippen LogP contribution < -0.4 is 5.32 Å². The van der Waals surface area contributed by atoms with E-state index >= 15 is 0 Å². The summed E-state index contributed by atoms with van der Waals surface area (Å²) in [6.45, 7) is 1.26. The molecule has 1 aliphatic rings. The van der Waals surface area contributed by atoms with Crippen molar-refractivity contribution < 1.29 is 19.1 Å². The highest BCUT2D eigenvalue weighted by Crippen LogP contribution is 2.31. The Hall–Kier alpha value is -2.73. The molecule has 2 aromatic carbocycles. The molecule has 1 fully saturated rings. The first-order chi connectivity index (χ1) is 11.4. The van der Waals surface area contributed by atoms with E-state index in [1.165, 1.54) is 25.1 Å². The molecule has 0 aromatic heterocycles. The van der Waals surface area contributed by atoms with Crippen LogP contribution in [-0.2, 0) is 10.3 Å². The van der Waals surface area contributed by atoms with Crippen LogP contribution in [0.2, 0.25) is 0 Å². The minimum atomic E-state index is -1.49. The van der Waals surface area contributed by atoms with Crippen molar-refractivity contribution in [2.45, 2.75) is 18.6 Å². The zero-order valence-electron chi connectivity index (χ0n) is 13.1. The normalized spacial score (nSPS) is 21.7. The number of amides is 3. The molecule has 1 saturated heterocycles. The van der Waals surface area contributed by atoms with E-state index in [0.717, 1.165) is 4.90 Å². The zero-order chi connectivity index (χ0) is 17.3. The van der Waals surface area contributed by atoms with E-state index in [-0.39, 0.29) is 12.1 Å². The summed E-state index contributed by atoms with van der Waals surface area (Å²) in [5, 5.41) is 12.8. The van der Waals surface area contributed by atoms with Gasteiger partial charge in [0.2, 0.25) is 0 Å². The van der Waals surface area contributed by atoms with Crippen LogP contribution in [0.5, 0.6) is 0 Å². The van der Waals surface area contributed by atoms with Crippen LogP contribution in [0.3, 0.4) is 0 Å². The van der Waals surface area contributed by atoms with Crippen LogP contribution >= 0.6 is 0 Å². The van der Waals surface area contributed by atoms with Gasteiger partial charge in [0.15, 0.2) is 0 Å². The van der Waals surface area contributed by atoms with Gasteiger partial charge in [-0.1, -0.05) is 48.5 Å². The molecular formula is C18H17FN2O3. The second kappa shape index (κ2) is 6.05. The van der Waals surface area contributed by atoms with Crippen molar-refractivity contribution >= 4 is 11.9 Å². The number of aliphatic hydroxyl groups excluding tert-OH is 1. The van der Waals surface area contributed by atoms with Crippen molar-refractivity contribution in [3.63, 3.8) is 0 Å². The van der Waals surface area contributed by atoms with Crippen molar-refractivity contribution in [1.82, 2.24) is 10.2 Å². The summed E-state index contributed by atoms with van der Waals surface area (Å²) >= 11 is 0. The minimum absolute atomic E-state index is 0.0973. The number of benzene rings is 2. The molecule has 1 aliphatic heterocycles. The smallest absolute Gasteiger partial charge is 0.325 e. The first kappa shape index (κ1) is 16.1. The van der Waals surface area contributed by atoms with Crippen LogP contribution in [0, 0.1) is 5.82 Å². The summed E-state index contributed by atoms with van der Waals surface area (Å²) in [4.78, 5) is 25.9. The predicted molar refractivity (Wildman–Crippen MR) is 85.4 cm³/mol. The highest BCUT2D eigenvalue weighted by molar-refractivity contribution is 6.07. The molecule has 0 aliphatic carbocycles. The van der Waals surface area contributed by atoms with E-state index < -0.39 is 29.4 Å². The third kappa shape index (κ3) is 2.65. The minimum Gasteiger partial charge on any atom is -0.387 e. The Labute approximate surface area is 138 Å². The lowest BCUT2D eigenvalue weighted by Crippen LogP contribution is -2.42. The van der Waals surface area contributed by atoms with Gasteiger partial charge in [0.25, 0.3) is 5.91 Å². The lowest BCUT2D eigenvalue weighted by Gasteiger charge is -2.23.